The first-order valence-electron chi connectivity index (χ1n) is 7.87. The van der Waals surface area contributed by atoms with Crippen LogP contribution in [0.2, 0.25) is 0 Å². The van der Waals surface area contributed by atoms with Crippen LogP contribution in [0.1, 0.15) is 21.6 Å². The molecule has 6 nitrogen and oxygen atoms in total. The van der Waals surface area contributed by atoms with Crippen LogP contribution in [0.15, 0.2) is 42.7 Å². The van der Waals surface area contributed by atoms with E-state index in [1.165, 1.54) is 36.9 Å². The molecule has 0 aliphatic heterocycles. The summed E-state index contributed by atoms with van der Waals surface area (Å²) in [6, 6.07) is 6.97. The minimum Gasteiger partial charge on any atom is -0.493 e. The Morgan fingerprint density at radius 2 is 1.85 bits per heavy atom. The number of pyridine rings is 1. The van der Waals surface area contributed by atoms with Gasteiger partial charge in [-0.1, -0.05) is 0 Å². The van der Waals surface area contributed by atoms with Crippen LogP contribution >= 0.6 is 0 Å². The summed E-state index contributed by atoms with van der Waals surface area (Å²) in [4.78, 5) is 16.5. The molecule has 2 aromatic heterocycles. The van der Waals surface area contributed by atoms with E-state index >= 15 is 0 Å². The highest BCUT2D eigenvalue weighted by Gasteiger charge is 2.30. The van der Waals surface area contributed by atoms with Gasteiger partial charge in [-0.3, -0.25) is 4.79 Å². The number of hydrogen-bond donors (Lipinski definition) is 1. The normalized spacial score (nSPS) is 11.4. The Hall–Kier alpha value is -3.23. The van der Waals surface area contributed by atoms with Gasteiger partial charge < -0.3 is 19.2 Å². The lowest BCUT2D eigenvalue weighted by Gasteiger charge is -2.09. The number of amides is 1. The van der Waals surface area contributed by atoms with Gasteiger partial charge in [-0.05, 0) is 30.3 Å². The summed E-state index contributed by atoms with van der Waals surface area (Å²) in [5.41, 5.74) is 0.380. The van der Waals surface area contributed by atoms with Crippen molar-refractivity contribution in [1.82, 2.24) is 14.7 Å². The number of halogens is 3. The monoisotopic (exact) mass is 379 g/mol. The molecule has 1 aromatic carbocycles. The van der Waals surface area contributed by atoms with Crippen LogP contribution in [0.25, 0.3) is 5.65 Å². The van der Waals surface area contributed by atoms with Gasteiger partial charge in [0.15, 0.2) is 11.5 Å². The predicted octanol–water partition coefficient (Wildman–Crippen LogP) is 3.30. The standard InChI is InChI=1S/C18H16F3N3O3/c1-26-14-5-3-11(7-15(14)27-2)17(25)22-8-13-10-24-9-12(18(19,20)21)4-6-16(24)23-13/h3-7,9-10H,8H2,1-2H3,(H,22,25). The second-order valence-corrected chi connectivity index (χ2v) is 5.67. The van der Waals surface area contributed by atoms with Crippen molar-refractivity contribution in [3.05, 3.63) is 59.5 Å². The Labute approximate surface area is 152 Å². The van der Waals surface area contributed by atoms with Gasteiger partial charge in [-0.15, -0.1) is 0 Å². The minimum absolute atomic E-state index is 0.0657. The number of imidazole rings is 1. The zero-order valence-corrected chi connectivity index (χ0v) is 14.5. The van der Waals surface area contributed by atoms with Gasteiger partial charge in [-0.25, -0.2) is 4.98 Å². The number of alkyl halides is 3. The molecule has 0 fully saturated rings. The molecule has 2 heterocycles. The number of ether oxygens (including phenoxy) is 2. The molecule has 27 heavy (non-hydrogen) atoms. The molecule has 9 heteroatoms. The maximum atomic E-state index is 12.8. The number of nitrogens with one attached hydrogen (secondary N) is 1. The van der Waals surface area contributed by atoms with Gasteiger partial charge >= 0.3 is 6.18 Å². The van der Waals surface area contributed by atoms with Crippen molar-refractivity contribution in [3.63, 3.8) is 0 Å². The fraction of sp³-hybridized carbons (Fsp3) is 0.222. The Bertz CT molecular complexity index is 983. The number of methoxy groups -OCH3 is 2. The third kappa shape index (κ3) is 3.97. The zero-order chi connectivity index (χ0) is 19.6. The SMILES string of the molecule is COc1ccc(C(=O)NCc2cn3cc(C(F)(F)F)ccc3n2)cc1OC. The number of benzene rings is 1. The second-order valence-electron chi connectivity index (χ2n) is 5.67. The van der Waals surface area contributed by atoms with Crippen molar-refractivity contribution in [3.8, 4) is 11.5 Å². The molecule has 3 rings (SSSR count). The van der Waals surface area contributed by atoms with Crippen LogP contribution < -0.4 is 14.8 Å². The van der Waals surface area contributed by atoms with Crippen LogP contribution in [0, 0.1) is 0 Å². The Balaban J connectivity index is 1.73. The van der Waals surface area contributed by atoms with Crippen LogP contribution in [0.3, 0.4) is 0 Å². The smallest absolute Gasteiger partial charge is 0.417 e. The molecule has 0 atom stereocenters. The van der Waals surface area contributed by atoms with Crippen molar-refractivity contribution < 1.29 is 27.4 Å². The third-order valence-corrected chi connectivity index (χ3v) is 3.90. The quantitative estimate of drug-likeness (QED) is 0.739. The fourth-order valence-corrected chi connectivity index (χ4v) is 2.55. The number of rotatable bonds is 5. The molecule has 142 valence electrons. The molecule has 0 bridgehead atoms. The number of carbonyl (C=O) groups is 1. The molecule has 0 unspecified atom stereocenters. The van der Waals surface area contributed by atoms with E-state index in [2.05, 4.69) is 10.3 Å². The average Bonchev–Trinajstić information content (AvgIpc) is 3.06. The maximum absolute atomic E-state index is 12.8. The molecule has 0 aliphatic rings. The molecule has 1 N–H and O–H groups in total. The summed E-state index contributed by atoms with van der Waals surface area (Å²) >= 11 is 0. The zero-order valence-electron chi connectivity index (χ0n) is 14.5. The topological polar surface area (TPSA) is 64.9 Å². The second kappa shape index (κ2) is 7.18. The largest absolute Gasteiger partial charge is 0.493 e. The first-order valence-corrected chi connectivity index (χ1v) is 7.87. The van der Waals surface area contributed by atoms with E-state index in [4.69, 9.17) is 9.47 Å². The molecule has 0 aliphatic carbocycles. The van der Waals surface area contributed by atoms with E-state index in [1.807, 2.05) is 0 Å². The predicted molar refractivity (Wildman–Crippen MR) is 90.9 cm³/mol. The molecule has 1 amide bonds. The summed E-state index contributed by atoms with van der Waals surface area (Å²) < 4.78 is 49.9. The summed E-state index contributed by atoms with van der Waals surface area (Å²) in [6.07, 6.45) is -2.03. The van der Waals surface area contributed by atoms with E-state index in [0.29, 0.717) is 28.4 Å². The van der Waals surface area contributed by atoms with Crippen LogP contribution in [0.4, 0.5) is 13.2 Å². The first kappa shape index (κ1) is 18.6. The van der Waals surface area contributed by atoms with Crippen molar-refractivity contribution >= 4 is 11.6 Å². The highest BCUT2D eigenvalue weighted by molar-refractivity contribution is 5.94. The molecule has 0 saturated carbocycles. The molecule has 0 spiro atoms. The summed E-state index contributed by atoms with van der Waals surface area (Å²) in [5, 5.41) is 2.68. The summed E-state index contributed by atoms with van der Waals surface area (Å²) in [5.74, 6) is 0.538. The third-order valence-electron chi connectivity index (χ3n) is 3.90. The molecule has 0 radical (unpaired) electrons. The van der Waals surface area contributed by atoms with Crippen molar-refractivity contribution in [2.24, 2.45) is 0 Å². The van der Waals surface area contributed by atoms with E-state index in [9.17, 15) is 18.0 Å². The lowest BCUT2D eigenvalue weighted by Crippen LogP contribution is -2.23. The summed E-state index contributed by atoms with van der Waals surface area (Å²) in [6.45, 7) is 0.0657. The van der Waals surface area contributed by atoms with Crippen molar-refractivity contribution in [2.45, 2.75) is 12.7 Å². The van der Waals surface area contributed by atoms with Gasteiger partial charge in [0.2, 0.25) is 0 Å². The molecular weight excluding hydrogens is 363 g/mol. The Kier molecular flexibility index (Phi) is 4.93. The van der Waals surface area contributed by atoms with Gasteiger partial charge in [-0.2, -0.15) is 13.2 Å². The van der Waals surface area contributed by atoms with Crippen molar-refractivity contribution in [1.29, 1.82) is 0 Å². The van der Waals surface area contributed by atoms with E-state index < -0.39 is 11.7 Å². The van der Waals surface area contributed by atoms with Gasteiger partial charge in [0.05, 0.1) is 32.0 Å². The number of hydrogen-bond acceptors (Lipinski definition) is 4. The minimum atomic E-state index is -4.43. The highest BCUT2D eigenvalue weighted by Crippen LogP contribution is 2.29. The van der Waals surface area contributed by atoms with Crippen LogP contribution in [-0.4, -0.2) is 29.5 Å². The van der Waals surface area contributed by atoms with Gasteiger partial charge in [0.1, 0.15) is 5.65 Å². The van der Waals surface area contributed by atoms with Gasteiger partial charge in [0, 0.05) is 18.0 Å². The van der Waals surface area contributed by atoms with E-state index in [-0.39, 0.29) is 12.5 Å². The molecule has 0 saturated heterocycles. The number of carbonyl (C=O) groups excluding carboxylic acids is 1. The number of fused-ring (bicyclic) bond motifs is 1. The Morgan fingerprint density at radius 1 is 1.11 bits per heavy atom. The van der Waals surface area contributed by atoms with Gasteiger partial charge in [0.25, 0.3) is 5.91 Å². The molecular formula is C18H16F3N3O3. The van der Waals surface area contributed by atoms with Crippen LogP contribution in [-0.2, 0) is 12.7 Å². The summed E-state index contributed by atoms with van der Waals surface area (Å²) in [7, 11) is 2.95. The lowest BCUT2D eigenvalue weighted by atomic mass is 10.2. The lowest BCUT2D eigenvalue weighted by molar-refractivity contribution is -0.137. The van der Waals surface area contributed by atoms with Crippen molar-refractivity contribution in [2.75, 3.05) is 14.2 Å². The highest BCUT2D eigenvalue weighted by atomic mass is 19.4. The Morgan fingerprint density at radius 3 is 2.52 bits per heavy atom. The average molecular weight is 379 g/mol. The van der Waals surface area contributed by atoms with E-state index in [0.717, 1.165) is 12.3 Å². The van der Waals surface area contributed by atoms with Crippen LogP contribution in [0.5, 0.6) is 11.5 Å². The first-order chi connectivity index (χ1) is 12.8. The maximum Gasteiger partial charge on any atom is 0.417 e. The number of aromatic nitrogens is 2. The van der Waals surface area contributed by atoms with E-state index in [1.54, 1.807) is 12.1 Å². The fourth-order valence-electron chi connectivity index (χ4n) is 2.55. The molecule has 3 aromatic rings. The number of nitrogens with zero attached hydrogens (tertiary/aromatic N) is 2.